The average Bonchev–Trinajstić information content (AvgIpc) is 2.41. The van der Waals surface area contributed by atoms with Crippen molar-refractivity contribution in [1.29, 1.82) is 0 Å². The summed E-state index contributed by atoms with van der Waals surface area (Å²) in [6.45, 7) is 3.30. The topological polar surface area (TPSA) is 29.1 Å². The Balaban J connectivity index is 1.95. The number of nitrogens with one attached hydrogen (secondary N) is 1. The van der Waals surface area contributed by atoms with Crippen LogP contribution in [0.15, 0.2) is 0 Å². The summed E-state index contributed by atoms with van der Waals surface area (Å²) in [6, 6.07) is 0. The van der Waals surface area contributed by atoms with Crippen LogP contribution < -0.4 is 10.7 Å². The zero-order chi connectivity index (χ0) is 4.69. The molecule has 2 aliphatic rings. The Morgan fingerprint density at radius 2 is 2.71 bits per heavy atom. The normalized spacial score (nSPS) is 48.0. The molecule has 2 rings (SSSR count). The van der Waals surface area contributed by atoms with E-state index in [4.69, 9.17) is 0 Å². The summed E-state index contributed by atoms with van der Waals surface area (Å²) in [5, 5.41) is 5.36. The molecule has 2 atom stereocenters. The molecule has 1 radical (unpaired) electrons. The average molecular weight is 98.1 g/mol. The second-order valence-corrected chi connectivity index (χ2v) is 1.96. The Hall–Kier alpha value is -0.120. The summed E-state index contributed by atoms with van der Waals surface area (Å²) in [6.07, 6.45) is 0.550. The van der Waals surface area contributed by atoms with Gasteiger partial charge in [-0.25, -0.2) is 5.01 Å². The van der Waals surface area contributed by atoms with Crippen LogP contribution in [0, 0.1) is 0 Å². The Morgan fingerprint density at radius 1 is 1.71 bits per heavy atom. The van der Waals surface area contributed by atoms with Crippen molar-refractivity contribution < 1.29 is 0 Å². The van der Waals surface area contributed by atoms with E-state index in [1.165, 1.54) is 0 Å². The first kappa shape index (κ1) is 3.83. The fourth-order valence-electron chi connectivity index (χ4n) is 0.919. The van der Waals surface area contributed by atoms with Gasteiger partial charge in [-0.05, 0) is 0 Å². The van der Waals surface area contributed by atoms with E-state index in [9.17, 15) is 0 Å². The minimum absolute atomic E-state index is 0.550. The number of nitrogens with zero attached hydrogens (tertiary/aromatic N) is 2. The lowest BCUT2D eigenvalue weighted by Gasteiger charge is -2.06. The third-order valence-corrected chi connectivity index (χ3v) is 1.42. The molecule has 2 aliphatic heterocycles. The van der Waals surface area contributed by atoms with E-state index < -0.39 is 0 Å². The number of hydrogen-bond acceptors (Lipinski definition) is 2. The molecule has 0 aromatic heterocycles. The molecule has 2 saturated heterocycles. The molecule has 3 heteroatoms. The van der Waals surface area contributed by atoms with E-state index in [-0.39, 0.29) is 0 Å². The van der Waals surface area contributed by atoms with Crippen LogP contribution in [0.3, 0.4) is 0 Å². The number of piperazine rings is 1. The summed E-state index contributed by atoms with van der Waals surface area (Å²) in [7, 11) is 0. The number of rotatable bonds is 0. The predicted molar refractivity (Wildman–Crippen MR) is 25.5 cm³/mol. The van der Waals surface area contributed by atoms with Gasteiger partial charge in [-0.1, -0.05) is 0 Å². The van der Waals surface area contributed by atoms with Gasteiger partial charge in [0.25, 0.3) is 0 Å². The lowest BCUT2D eigenvalue weighted by molar-refractivity contribution is 0.412. The lowest BCUT2D eigenvalue weighted by Crippen LogP contribution is -2.33. The maximum Gasteiger partial charge on any atom is 0.120 e. The van der Waals surface area contributed by atoms with Crippen LogP contribution in [-0.2, 0) is 0 Å². The van der Waals surface area contributed by atoms with Crippen molar-refractivity contribution >= 4 is 0 Å². The Bertz CT molecular complexity index is 73.0. The third-order valence-electron chi connectivity index (χ3n) is 1.42. The minimum Gasteiger partial charge on any atom is -0.312 e. The SMILES string of the molecule is C1CN2[N]C2CN1. The smallest absolute Gasteiger partial charge is 0.120 e. The van der Waals surface area contributed by atoms with Crippen molar-refractivity contribution in [2.24, 2.45) is 0 Å². The summed E-state index contributed by atoms with van der Waals surface area (Å²) in [4.78, 5) is 0. The van der Waals surface area contributed by atoms with E-state index in [1.807, 2.05) is 0 Å². The highest BCUT2D eigenvalue weighted by molar-refractivity contribution is 4.84. The Labute approximate surface area is 42.7 Å². The first-order chi connectivity index (χ1) is 3.47. The number of fused-ring (bicyclic) bond motifs is 1. The summed E-state index contributed by atoms with van der Waals surface area (Å²) < 4.78 is 0. The van der Waals surface area contributed by atoms with Crippen LogP contribution in [0.1, 0.15) is 0 Å². The first-order valence-corrected chi connectivity index (χ1v) is 2.65. The van der Waals surface area contributed by atoms with Gasteiger partial charge in [-0.15, -0.1) is 5.43 Å². The van der Waals surface area contributed by atoms with Crippen LogP contribution in [-0.4, -0.2) is 30.8 Å². The van der Waals surface area contributed by atoms with Crippen molar-refractivity contribution in [3.05, 3.63) is 0 Å². The van der Waals surface area contributed by atoms with E-state index >= 15 is 0 Å². The van der Waals surface area contributed by atoms with Crippen molar-refractivity contribution in [2.45, 2.75) is 6.17 Å². The molecule has 2 unspecified atom stereocenters. The standard InChI is InChI=1S/C4H8N3/c1-2-7-4(6-7)3-5-1/h4-5H,1-3H2. The third kappa shape index (κ3) is 0.534. The molecule has 3 nitrogen and oxygen atoms in total. The zero-order valence-corrected chi connectivity index (χ0v) is 4.09. The van der Waals surface area contributed by atoms with Gasteiger partial charge in [0.1, 0.15) is 6.17 Å². The summed E-state index contributed by atoms with van der Waals surface area (Å²) in [5.41, 5.74) is 4.12. The maximum absolute atomic E-state index is 4.12. The van der Waals surface area contributed by atoms with Crippen molar-refractivity contribution in [3.63, 3.8) is 0 Å². The lowest BCUT2D eigenvalue weighted by atomic mass is 10.4. The molecule has 2 heterocycles. The molecular weight excluding hydrogens is 90.1 g/mol. The molecule has 0 amide bonds. The maximum atomic E-state index is 4.12. The summed E-state index contributed by atoms with van der Waals surface area (Å²) in [5.74, 6) is 0. The molecule has 0 saturated carbocycles. The van der Waals surface area contributed by atoms with Crippen molar-refractivity contribution in [1.82, 2.24) is 15.8 Å². The van der Waals surface area contributed by atoms with Gasteiger partial charge < -0.3 is 5.32 Å². The second-order valence-electron chi connectivity index (χ2n) is 1.96. The highest BCUT2D eigenvalue weighted by atomic mass is 15.8. The minimum atomic E-state index is 0.550. The fraction of sp³-hybridized carbons (Fsp3) is 1.00. The van der Waals surface area contributed by atoms with Gasteiger partial charge in [0.15, 0.2) is 0 Å². The molecule has 0 aromatic carbocycles. The molecule has 2 fully saturated rings. The fourth-order valence-corrected chi connectivity index (χ4v) is 0.919. The van der Waals surface area contributed by atoms with E-state index in [2.05, 4.69) is 15.8 Å². The van der Waals surface area contributed by atoms with Gasteiger partial charge in [0.2, 0.25) is 0 Å². The molecule has 0 aliphatic carbocycles. The van der Waals surface area contributed by atoms with E-state index in [1.54, 1.807) is 0 Å². The van der Waals surface area contributed by atoms with Gasteiger partial charge in [0.05, 0.1) is 0 Å². The largest absolute Gasteiger partial charge is 0.312 e. The quantitative estimate of drug-likeness (QED) is 0.384. The Morgan fingerprint density at radius 3 is 3.29 bits per heavy atom. The van der Waals surface area contributed by atoms with Crippen LogP contribution >= 0.6 is 0 Å². The molecule has 1 N–H and O–H groups in total. The Kier molecular flexibility index (Phi) is 0.647. The molecule has 0 spiro atoms. The van der Waals surface area contributed by atoms with Gasteiger partial charge in [-0.2, -0.15) is 0 Å². The van der Waals surface area contributed by atoms with E-state index in [0.29, 0.717) is 6.17 Å². The van der Waals surface area contributed by atoms with Gasteiger partial charge >= 0.3 is 0 Å². The zero-order valence-electron chi connectivity index (χ0n) is 4.09. The molecule has 0 bridgehead atoms. The highest BCUT2D eigenvalue weighted by Gasteiger charge is 2.37. The van der Waals surface area contributed by atoms with Gasteiger partial charge in [-0.3, -0.25) is 0 Å². The molecule has 39 valence electrons. The van der Waals surface area contributed by atoms with Crippen LogP contribution in [0.2, 0.25) is 0 Å². The first-order valence-electron chi connectivity index (χ1n) is 2.65. The van der Waals surface area contributed by atoms with Crippen molar-refractivity contribution in [3.8, 4) is 0 Å². The molecule has 7 heavy (non-hydrogen) atoms. The highest BCUT2D eigenvalue weighted by Crippen LogP contribution is 2.11. The predicted octanol–water partition coefficient (Wildman–Crippen LogP) is -1.25. The summed E-state index contributed by atoms with van der Waals surface area (Å²) >= 11 is 0. The molecular formula is C4H8N3. The molecule has 0 aromatic rings. The van der Waals surface area contributed by atoms with Gasteiger partial charge in [0, 0.05) is 19.6 Å². The van der Waals surface area contributed by atoms with Crippen molar-refractivity contribution in [2.75, 3.05) is 19.6 Å². The van der Waals surface area contributed by atoms with Crippen LogP contribution in [0.5, 0.6) is 0 Å². The van der Waals surface area contributed by atoms with Crippen LogP contribution in [0.4, 0.5) is 0 Å². The van der Waals surface area contributed by atoms with E-state index in [0.717, 1.165) is 19.6 Å². The second kappa shape index (κ2) is 1.18. The monoisotopic (exact) mass is 98.1 g/mol. The number of hydrogen-bond donors (Lipinski definition) is 1. The van der Waals surface area contributed by atoms with Crippen LogP contribution in [0.25, 0.3) is 0 Å².